The van der Waals surface area contributed by atoms with E-state index in [1.54, 1.807) is 13.2 Å². The van der Waals surface area contributed by atoms with Crippen molar-refractivity contribution in [1.82, 2.24) is 20.2 Å². The predicted octanol–water partition coefficient (Wildman–Crippen LogP) is 6.04. The van der Waals surface area contributed by atoms with Crippen LogP contribution in [0.25, 0.3) is 17.1 Å². The summed E-state index contributed by atoms with van der Waals surface area (Å²) in [5.74, 6) is 0.973. The van der Waals surface area contributed by atoms with Crippen molar-refractivity contribution < 1.29 is 14.5 Å². The van der Waals surface area contributed by atoms with Gasteiger partial charge >= 0.3 is 0 Å². The fourth-order valence-electron chi connectivity index (χ4n) is 3.72. The smallest absolute Gasteiger partial charge is 0.288 e. The lowest BCUT2D eigenvalue weighted by molar-refractivity contribution is -0.384. The van der Waals surface area contributed by atoms with Crippen molar-refractivity contribution >= 4 is 41.2 Å². The van der Waals surface area contributed by atoms with Crippen molar-refractivity contribution in [2.24, 2.45) is 5.10 Å². The van der Waals surface area contributed by atoms with Gasteiger partial charge in [0.2, 0.25) is 0 Å². The number of hydrazone groups is 1. The number of nitrogens with one attached hydrogen (secondary N) is 1. The molecule has 0 spiro atoms. The number of aromatic nitrogens is 3. The number of benzene rings is 3. The van der Waals surface area contributed by atoms with Crippen molar-refractivity contribution in [2.75, 3.05) is 12.9 Å². The molecular weight excluding hydrogens is 552 g/mol. The Balaban J connectivity index is 1.53. The van der Waals surface area contributed by atoms with Crippen LogP contribution in [0.4, 0.5) is 5.69 Å². The fourth-order valence-corrected chi connectivity index (χ4v) is 4.66. The Labute approximate surface area is 240 Å². The SMILES string of the molecule is COc1ccc(-n2c(SCC(=O)NN=Cc3ccc(Cl)c([N+](=O)[O-])c3)nnc2-c2ccc(C(C)(C)C)cc2)cc1. The molecule has 40 heavy (non-hydrogen) atoms. The van der Waals surface area contributed by atoms with Gasteiger partial charge in [-0.25, -0.2) is 5.43 Å². The number of thioether (sulfide) groups is 1. The first-order valence-electron chi connectivity index (χ1n) is 12.2. The maximum absolute atomic E-state index is 12.5. The molecule has 12 heteroatoms. The standard InChI is InChI=1S/C28H27ClN6O4S/c1-28(2,3)20-8-6-19(7-9-20)26-32-33-27(34(26)21-10-12-22(39-4)13-11-21)40-17-25(36)31-30-16-18-5-14-23(29)24(15-18)35(37)38/h5-16H,17H2,1-4H3,(H,31,36). The molecule has 0 saturated carbocycles. The van der Waals surface area contributed by atoms with E-state index in [4.69, 9.17) is 16.3 Å². The van der Waals surface area contributed by atoms with Crippen LogP contribution in [0.2, 0.25) is 5.02 Å². The van der Waals surface area contributed by atoms with Gasteiger partial charge in [-0.15, -0.1) is 10.2 Å². The molecule has 0 aliphatic carbocycles. The number of hydrogen-bond acceptors (Lipinski definition) is 8. The van der Waals surface area contributed by atoms with Gasteiger partial charge in [-0.3, -0.25) is 19.5 Å². The number of ether oxygens (including phenoxy) is 1. The molecule has 0 bridgehead atoms. The summed E-state index contributed by atoms with van der Waals surface area (Å²) in [7, 11) is 1.60. The molecule has 0 saturated heterocycles. The lowest BCUT2D eigenvalue weighted by Crippen LogP contribution is -2.20. The Hall–Kier alpha value is -4.22. The summed E-state index contributed by atoms with van der Waals surface area (Å²) >= 11 is 7.04. The third-order valence-corrected chi connectivity index (χ3v) is 7.12. The summed E-state index contributed by atoms with van der Waals surface area (Å²) in [6, 6.07) is 19.9. The summed E-state index contributed by atoms with van der Waals surface area (Å²) in [6.45, 7) is 6.47. The number of rotatable bonds is 9. The van der Waals surface area contributed by atoms with Gasteiger partial charge in [0.05, 0.1) is 24.0 Å². The first kappa shape index (κ1) is 28.8. The number of nitro benzene ring substituents is 1. The molecule has 4 aromatic rings. The van der Waals surface area contributed by atoms with E-state index in [-0.39, 0.29) is 27.8 Å². The Morgan fingerprint density at radius 1 is 1.12 bits per heavy atom. The second kappa shape index (κ2) is 12.3. The van der Waals surface area contributed by atoms with E-state index in [1.807, 2.05) is 41.0 Å². The van der Waals surface area contributed by atoms with Crippen LogP contribution in [-0.2, 0) is 10.2 Å². The highest BCUT2D eigenvalue weighted by Gasteiger charge is 2.19. The highest BCUT2D eigenvalue weighted by molar-refractivity contribution is 7.99. The molecule has 0 atom stereocenters. The minimum atomic E-state index is -0.582. The number of nitro groups is 1. The Morgan fingerprint density at radius 2 is 1.82 bits per heavy atom. The molecule has 0 radical (unpaired) electrons. The summed E-state index contributed by atoms with van der Waals surface area (Å²) in [6.07, 6.45) is 1.31. The lowest BCUT2D eigenvalue weighted by Gasteiger charge is -2.19. The van der Waals surface area contributed by atoms with Gasteiger partial charge in [0, 0.05) is 22.9 Å². The van der Waals surface area contributed by atoms with Crippen LogP contribution in [0, 0.1) is 10.1 Å². The topological polar surface area (TPSA) is 125 Å². The second-order valence-electron chi connectivity index (χ2n) is 9.72. The van der Waals surface area contributed by atoms with Gasteiger partial charge in [-0.05, 0) is 41.3 Å². The minimum Gasteiger partial charge on any atom is -0.497 e. The molecule has 1 heterocycles. The monoisotopic (exact) mass is 578 g/mol. The number of nitrogens with zero attached hydrogens (tertiary/aromatic N) is 5. The van der Waals surface area contributed by atoms with Crippen LogP contribution in [0.15, 0.2) is 77.0 Å². The summed E-state index contributed by atoms with van der Waals surface area (Å²) < 4.78 is 7.19. The van der Waals surface area contributed by atoms with Gasteiger partial charge in [0.15, 0.2) is 11.0 Å². The molecule has 10 nitrogen and oxygen atoms in total. The van der Waals surface area contributed by atoms with Crippen molar-refractivity contribution in [1.29, 1.82) is 0 Å². The zero-order valence-corrected chi connectivity index (χ0v) is 23.9. The molecule has 0 aliphatic heterocycles. The Bertz CT molecular complexity index is 1550. The van der Waals surface area contributed by atoms with Gasteiger partial charge in [0.25, 0.3) is 11.6 Å². The van der Waals surface area contributed by atoms with Crippen molar-refractivity contribution in [3.8, 4) is 22.8 Å². The maximum atomic E-state index is 12.5. The normalized spacial score (nSPS) is 11.5. The van der Waals surface area contributed by atoms with Gasteiger partial charge in [-0.2, -0.15) is 5.10 Å². The number of halogens is 1. The van der Waals surface area contributed by atoms with Gasteiger partial charge in [0.1, 0.15) is 10.8 Å². The van der Waals surface area contributed by atoms with E-state index in [0.717, 1.165) is 11.3 Å². The quantitative estimate of drug-likeness (QED) is 0.111. The van der Waals surface area contributed by atoms with Crippen LogP contribution in [0.1, 0.15) is 31.9 Å². The van der Waals surface area contributed by atoms with Gasteiger partial charge < -0.3 is 4.74 Å². The van der Waals surface area contributed by atoms with Crippen LogP contribution >= 0.6 is 23.4 Å². The van der Waals surface area contributed by atoms with E-state index in [2.05, 4.69) is 53.6 Å². The van der Waals surface area contributed by atoms with E-state index < -0.39 is 4.92 Å². The highest BCUT2D eigenvalue weighted by atomic mass is 35.5. The van der Waals surface area contributed by atoms with Crippen LogP contribution in [0.3, 0.4) is 0 Å². The maximum Gasteiger partial charge on any atom is 0.288 e. The van der Waals surface area contributed by atoms with Crippen LogP contribution in [0.5, 0.6) is 5.75 Å². The molecular formula is C28H27ClN6O4S. The third kappa shape index (κ3) is 6.85. The molecule has 0 fully saturated rings. The van der Waals surface area contributed by atoms with Crippen molar-refractivity contribution in [2.45, 2.75) is 31.3 Å². The van der Waals surface area contributed by atoms with E-state index in [0.29, 0.717) is 22.3 Å². The van der Waals surface area contributed by atoms with Crippen LogP contribution in [-0.4, -0.2) is 44.7 Å². The molecule has 1 N–H and O–H groups in total. The number of hydrogen-bond donors (Lipinski definition) is 1. The predicted molar refractivity (Wildman–Crippen MR) is 157 cm³/mol. The Morgan fingerprint density at radius 3 is 2.45 bits per heavy atom. The zero-order chi connectivity index (χ0) is 28.9. The third-order valence-electron chi connectivity index (χ3n) is 5.88. The molecule has 0 aliphatic rings. The highest BCUT2D eigenvalue weighted by Crippen LogP contribution is 2.31. The first-order chi connectivity index (χ1) is 19.1. The van der Waals surface area contributed by atoms with Crippen molar-refractivity contribution in [3.05, 3.63) is 93.0 Å². The zero-order valence-electron chi connectivity index (χ0n) is 22.3. The summed E-state index contributed by atoms with van der Waals surface area (Å²) in [4.78, 5) is 23.0. The molecule has 1 amide bonds. The first-order valence-corrected chi connectivity index (χ1v) is 13.5. The largest absolute Gasteiger partial charge is 0.497 e. The Kier molecular flexibility index (Phi) is 8.86. The second-order valence-corrected chi connectivity index (χ2v) is 11.1. The average molecular weight is 579 g/mol. The lowest BCUT2D eigenvalue weighted by atomic mass is 9.87. The fraction of sp³-hybridized carbons (Fsp3) is 0.214. The number of carbonyl (C=O) groups is 1. The average Bonchev–Trinajstić information content (AvgIpc) is 3.36. The van der Waals surface area contributed by atoms with E-state index in [9.17, 15) is 14.9 Å². The molecule has 206 valence electrons. The van der Waals surface area contributed by atoms with Crippen LogP contribution < -0.4 is 10.2 Å². The number of amides is 1. The molecule has 3 aromatic carbocycles. The van der Waals surface area contributed by atoms with E-state index >= 15 is 0 Å². The van der Waals surface area contributed by atoms with Crippen molar-refractivity contribution in [3.63, 3.8) is 0 Å². The number of methoxy groups -OCH3 is 1. The summed E-state index contributed by atoms with van der Waals surface area (Å²) in [5.41, 5.74) is 5.52. The number of carbonyl (C=O) groups excluding carboxylic acids is 1. The summed E-state index contributed by atoms with van der Waals surface area (Å²) in [5, 5.41) is 24.3. The molecule has 1 aromatic heterocycles. The van der Waals surface area contributed by atoms with E-state index in [1.165, 1.54) is 35.7 Å². The molecule has 4 rings (SSSR count). The minimum absolute atomic E-state index is 0.00928. The van der Waals surface area contributed by atoms with Gasteiger partial charge in [-0.1, -0.05) is 74.5 Å². The molecule has 0 unspecified atom stereocenters.